The first-order valence-electron chi connectivity index (χ1n) is 4.73. The number of aryl methyl sites for hydroxylation is 2. The molecule has 0 N–H and O–H groups in total. The number of hydrogen-bond acceptors (Lipinski definition) is 3. The number of nitrogens with zero attached hydrogens (tertiary/aromatic N) is 2. The smallest absolute Gasteiger partial charge is 0.193 e. The van der Waals surface area contributed by atoms with Crippen molar-refractivity contribution < 1.29 is 4.42 Å². The van der Waals surface area contributed by atoms with Crippen molar-refractivity contribution in [3.63, 3.8) is 0 Å². The fourth-order valence-electron chi connectivity index (χ4n) is 1.34. The molecule has 0 amide bonds. The van der Waals surface area contributed by atoms with Crippen LogP contribution < -0.4 is 0 Å². The lowest BCUT2D eigenvalue weighted by atomic mass is 10.2. The van der Waals surface area contributed by atoms with Gasteiger partial charge in [-0.2, -0.15) is 0 Å². The molecule has 0 saturated carbocycles. The molecule has 0 aliphatic rings. The average Bonchev–Trinajstić information content (AvgIpc) is 2.72. The SMILES string of the molecule is c1ccc(CCCc2ncco2)nc1. The molecule has 0 radical (unpaired) electrons. The average molecular weight is 188 g/mol. The van der Waals surface area contributed by atoms with Crippen molar-refractivity contribution >= 4 is 0 Å². The van der Waals surface area contributed by atoms with E-state index >= 15 is 0 Å². The standard InChI is InChI=1S/C11H12N2O/c1-2-7-12-10(4-1)5-3-6-11-13-8-9-14-11/h1-2,4,7-9H,3,5-6H2. The van der Waals surface area contributed by atoms with Gasteiger partial charge in [-0.05, 0) is 25.0 Å². The van der Waals surface area contributed by atoms with E-state index in [0.717, 1.165) is 30.8 Å². The monoisotopic (exact) mass is 188 g/mol. The lowest BCUT2D eigenvalue weighted by Crippen LogP contribution is -1.92. The molecule has 0 aromatic carbocycles. The minimum Gasteiger partial charge on any atom is -0.449 e. The van der Waals surface area contributed by atoms with Gasteiger partial charge in [0.05, 0.1) is 6.20 Å². The van der Waals surface area contributed by atoms with E-state index in [1.807, 2.05) is 24.4 Å². The highest BCUT2D eigenvalue weighted by Gasteiger charge is 1.98. The summed E-state index contributed by atoms with van der Waals surface area (Å²) in [7, 11) is 0. The highest BCUT2D eigenvalue weighted by molar-refractivity contribution is 5.03. The van der Waals surface area contributed by atoms with Crippen molar-refractivity contribution in [3.05, 3.63) is 48.4 Å². The molecule has 0 bridgehead atoms. The van der Waals surface area contributed by atoms with Crippen molar-refractivity contribution in [3.8, 4) is 0 Å². The van der Waals surface area contributed by atoms with Crippen molar-refractivity contribution in [2.45, 2.75) is 19.3 Å². The molecule has 2 rings (SSSR count). The van der Waals surface area contributed by atoms with Gasteiger partial charge >= 0.3 is 0 Å². The third-order valence-electron chi connectivity index (χ3n) is 2.03. The van der Waals surface area contributed by atoms with Crippen molar-refractivity contribution in [2.24, 2.45) is 0 Å². The van der Waals surface area contributed by atoms with Gasteiger partial charge in [0.25, 0.3) is 0 Å². The minimum absolute atomic E-state index is 0.806. The van der Waals surface area contributed by atoms with Crippen LogP contribution in [0.4, 0.5) is 0 Å². The number of oxazole rings is 1. The van der Waals surface area contributed by atoms with Crippen LogP contribution in [0.2, 0.25) is 0 Å². The first-order valence-corrected chi connectivity index (χ1v) is 4.73. The lowest BCUT2D eigenvalue weighted by Gasteiger charge is -1.97. The van der Waals surface area contributed by atoms with Crippen LogP contribution >= 0.6 is 0 Å². The van der Waals surface area contributed by atoms with Gasteiger partial charge in [-0.25, -0.2) is 4.98 Å². The Morgan fingerprint density at radius 1 is 1.07 bits per heavy atom. The summed E-state index contributed by atoms with van der Waals surface area (Å²) >= 11 is 0. The number of rotatable bonds is 4. The molecular weight excluding hydrogens is 176 g/mol. The van der Waals surface area contributed by atoms with Gasteiger partial charge in [-0.3, -0.25) is 4.98 Å². The molecule has 2 aromatic rings. The molecule has 3 heteroatoms. The van der Waals surface area contributed by atoms with Gasteiger partial charge in [0, 0.05) is 18.3 Å². The molecule has 0 fully saturated rings. The molecule has 0 aliphatic carbocycles. The second-order valence-electron chi connectivity index (χ2n) is 3.10. The lowest BCUT2D eigenvalue weighted by molar-refractivity contribution is 0.486. The molecule has 2 aromatic heterocycles. The highest BCUT2D eigenvalue weighted by atomic mass is 16.3. The van der Waals surface area contributed by atoms with E-state index in [2.05, 4.69) is 9.97 Å². The van der Waals surface area contributed by atoms with Gasteiger partial charge in [0.1, 0.15) is 6.26 Å². The molecule has 2 heterocycles. The quantitative estimate of drug-likeness (QED) is 0.738. The first kappa shape index (κ1) is 8.94. The zero-order valence-electron chi connectivity index (χ0n) is 7.89. The Morgan fingerprint density at radius 3 is 2.79 bits per heavy atom. The third-order valence-corrected chi connectivity index (χ3v) is 2.03. The van der Waals surface area contributed by atoms with Crippen molar-refractivity contribution in [1.82, 2.24) is 9.97 Å². The number of hydrogen-bond donors (Lipinski definition) is 0. The van der Waals surface area contributed by atoms with Crippen LogP contribution in [0.15, 0.2) is 41.3 Å². The summed E-state index contributed by atoms with van der Waals surface area (Å²) in [4.78, 5) is 8.31. The van der Waals surface area contributed by atoms with Crippen LogP contribution in [-0.2, 0) is 12.8 Å². The number of aromatic nitrogens is 2. The van der Waals surface area contributed by atoms with E-state index in [-0.39, 0.29) is 0 Å². The van der Waals surface area contributed by atoms with E-state index in [0.29, 0.717) is 0 Å². The van der Waals surface area contributed by atoms with Crippen LogP contribution in [0.1, 0.15) is 18.0 Å². The van der Waals surface area contributed by atoms with Gasteiger partial charge in [-0.1, -0.05) is 6.07 Å². The van der Waals surface area contributed by atoms with Gasteiger partial charge < -0.3 is 4.42 Å². The Labute approximate surface area is 82.8 Å². The van der Waals surface area contributed by atoms with E-state index in [9.17, 15) is 0 Å². The predicted molar refractivity (Wildman–Crippen MR) is 52.8 cm³/mol. The third kappa shape index (κ3) is 2.42. The number of pyridine rings is 1. The van der Waals surface area contributed by atoms with E-state index in [1.54, 1.807) is 12.5 Å². The van der Waals surface area contributed by atoms with Gasteiger partial charge in [0.2, 0.25) is 0 Å². The second-order valence-corrected chi connectivity index (χ2v) is 3.10. The van der Waals surface area contributed by atoms with Crippen LogP contribution in [0.25, 0.3) is 0 Å². The van der Waals surface area contributed by atoms with E-state index in [1.165, 1.54) is 0 Å². The normalized spacial score (nSPS) is 10.3. The molecule has 14 heavy (non-hydrogen) atoms. The van der Waals surface area contributed by atoms with Crippen molar-refractivity contribution in [1.29, 1.82) is 0 Å². The molecule has 0 saturated heterocycles. The van der Waals surface area contributed by atoms with Gasteiger partial charge in [-0.15, -0.1) is 0 Å². The largest absolute Gasteiger partial charge is 0.449 e. The fraction of sp³-hybridized carbons (Fsp3) is 0.273. The van der Waals surface area contributed by atoms with Crippen LogP contribution in [0, 0.1) is 0 Å². The van der Waals surface area contributed by atoms with E-state index in [4.69, 9.17) is 4.42 Å². The Hall–Kier alpha value is -1.64. The minimum atomic E-state index is 0.806. The highest BCUT2D eigenvalue weighted by Crippen LogP contribution is 2.04. The predicted octanol–water partition coefficient (Wildman–Crippen LogP) is 2.24. The fourth-order valence-corrected chi connectivity index (χ4v) is 1.34. The van der Waals surface area contributed by atoms with E-state index < -0.39 is 0 Å². The molecule has 0 atom stereocenters. The Kier molecular flexibility index (Phi) is 2.91. The van der Waals surface area contributed by atoms with Crippen LogP contribution in [-0.4, -0.2) is 9.97 Å². The molecule has 72 valence electrons. The maximum Gasteiger partial charge on any atom is 0.193 e. The maximum absolute atomic E-state index is 5.14. The first-order chi connectivity index (χ1) is 6.95. The zero-order valence-corrected chi connectivity index (χ0v) is 7.89. The molecule has 3 nitrogen and oxygen atoms in total. The second kappa shape index (κ2) is 4.56. The van der Waals surface area contributed by atoms with Crippen LogP contribution in [0.3, 0.4) is 0 Å². The maximum atomic E-state index is 5.14. The summed E-state index contributed by atoms with van der Waals surface area (Å²) < 4.78 is 5.14. The summed E-state index contributed by atoms with van der Waals surface area (Å²) in [5, 5.41) is 0. The topological polar surface area (TPSA) is 38.9 Å². The summed E-state index contributed by atoms with van der Waals surface area (Å²) in [6, 6.07) is 5.97. The van der Waals surface area contributed by atoms with Gasteiger partial charge in [0.15, 0.2) is 5.89 Å². The Morgan fingerprint density at radius 2 is 2.07 bits per heavy atom. The van der Waals surface area contributed by atoms with Crippen molar-refractivity contribution in [2.75, 3.05) is 0 Å². The Bertz CT molecular complexity index is 356. The molecule has 0 aliphatic heterocycles. The molecular formula is C11H12N2O. The summed E-state index contributed by atoms with van der Waals surface area (Å²) in [6.07, 6.45) is 7.98. The molecule has 0 spiro atoms. The van der Waals surface area contributed by atoms with Crippen LogP contribution in [0.5, 0.6) is 0 Å². The zero-order chi connectivity index (χ0) is 9.64. The molecule has 0 unspecified atom stereocenters. The Balaban J connectivity index is 1.79. The summed E-state index contributed by atoms with van der Waals surface area (Å²) in [5.74, 6) is 0.806. The summed E-state index contributed by atoms with van der Waals surface area (Å²) in [5.41, 5.74) is 1.12. The summed E-state index contributed by atoms with van der Waals surface area (Å²) in [6.45, 7) is 0.